The molecular formula is C16H12Cl3F3N2O. The molecule has 1 aliphatic heterocycles. The highest BCUT2D eigenvalue weighted by Gasteiger charge is 2.62. The Balaban J connectivity index is 1.99. The summed E-state index contributed by atoms with van der Waals surface area (Å²) in [6, 6.07) is 3.17. The summed E-state index contributed by atoms with van der Waals surface area (Å²) in [6.45, 7) is 0. The third-order valence-corrected chi connectivity index (χ3v) is 4.92. The Kier molecular flexibility index (Phi) is 4.83. The van der Waals surface area contributed by atoms with E-state index in [1.165, 1.54) is 18.2 Å². The third kappa shape index (κ3) is 3.40. The number of hydrogen-bond donors (Lipinski definition) is 1. The Bertz CT molecular complexity index is 771. The molecular weight excluding hydrogens is 400 g/mol. The first-order valence-electron chi connectivity index (χ1n) is 7.21. The summed E-state index contributed by atoms with van der Waals surface area (Å²) in [5.74, 6) is 0. The van der Waals surface area contributed by atoms with Gasteiger partial charge in [0, 0.05) is 28.1 Å². The molecule has 3 rings (SSSR count). The maximum atomic E-state index is 13.9. The maximum Gasteiger partial charge on any atom is 0.435 e. The van der Waals surface area contributed by atoms with Crippen LogP contribution < -0.4 is 5.73 Å². The predicted octanol–water partition coefficient (Wildman–Crippen LogP) is 4.96. The molecule has 1 heterocycles. The van der Waals surface area contributed by atoms with Gasteiger partial charge in [0.25, 0.3) is 5.60 Å². The molecule has 0 saturated heterocycles. The van der Waals surface area contributed by atoms with Crippen LogP contribution in [0.5, 0.6) is 0 Å². The van der Waals surface area contributed by atoms with Crippen LogP contribution in [-0.2, 0) is 10.4 Å². The number of alkyl halides is 4. The van der Waals surface area contributed by atoms with Crippen molar-refractivity contribution in [2.75, 3.05) is 0 Å². The first-order valence-corrected chi connectivity index (χ1v) is 8.40. The topological polar surface area (TPSA) is 47.6 Å². The molecule has 25 heavy (non-hydrogen) atoms. The first-order chi connectivity index (χ1) is 11.6. The summed E-state index contributed by atoms with van der Waals surface area (Å²) in [5, 5.41) is 3.39. The lowest BCUT2D eigenvalue weighted by Crippen LogP contribution is -2.42. The van der Waals surface area contributed by atoms with Crippen molar-refractivity contribution in [3.8, 4) is 0 Å². The van der Waals surface area contributed by atoms with Crippen LogP contribution in [0.3, 0.4) is 0 Å². The fourth-order valence-corrected chi connectivity index (χ4v) is 3.39. The van der Waals surface area contributed by atoms with Crippen LogP contribution in [0, 0.1) is 0 Å². The highest BCUT2D eigenvalue weighted by atomic mass is 35.5. The van der Waals surface area contributed by atoms with Gasteiger partial charge in [0.1, 0.15) is 0 Å². The zero-order valence-corrected chi connectivity index (χ0v) is 14.8. The predicted molar refractivity (Wildman–Crippen MR) is 92.2 cm³/mol. The molecule has 0 radical (unpaired) electrons. The van der Waals surface area contributed by atoms with Crippen molar-refractivity contribution in [1.82, 2.24) is 0 Å². The molecule has 3 atom stereocenters. The van der Waals surface area contributed by atoms with Gasteiger partial charge in [0.15, 0.2) is 0 Å². The molecule has 3 unspecified atom stereocenters. The SMILES string of the molecule is NC1C=C(C2=NOC(c3cc(Cl)cc(Cl)c3)(C(F)(F)F)C2)C=CC1Cl. The Labute approximate surface area is 156 Å². The normalized spacial score (nSPS) is 29.2. The minimum atomic E-state index is -4.73. The fourth-order valence-electron chi connectivity index (χ4n) is 2.72. The van der Waals surface area contributed by atoms with Gasteiger partial charge in [-0.1, -0.05) is 46.6 Å². The van der Waals surface area contributed by atoms with Crippen LogP contribution in [0.1, 0.15) is 12.0 Å². The van der Waals surface area contributed by atoms with Crippen molar-refractivity contribution in [1.29, 1.82) is 0 Å². The van der Waals surface area contributed by atoms with E-state index in [1.54, 1.807) is 18.2 Å². The number of halogens is 6. The number of allylic oxidation sites excluding steroid dienone is 2. The molecule has 9 heteroatoms. The van der Waals surface area contributed by atoms with E-state index in [9.17, 15) is 13.2 Å². The summed E-state index contributed by atoms with van der Waals surface area (Å²) in [6.07, 6.45) is -0.503. The molecule has 2 aliphatic rings. The third-order valence-electron chi connectivity index (χ3n) is 4.05. The molecule has 1 aromatic rings. The Morgan fingerprint density at radius 1 is 1.20 bits per heavy atom. The molecule has 2 N–H and O–H groups in total. The lowest BCUT2D eigenvalue weighted by atomic mass is 9.85. The van der Waals surface area contributed by atoms with Gasteiger partial charge in [-0.25, -0.2) is 0 Å². The molecule has 1 aromatic carbocycles. The zero-order chi connectivity index (χ0) is 18.4. The Morgan fingerprint density at radius 3 is 2.40 bits per heavy atom. The summed E-state index contributed by atoms with van der Waals surface area (Å²) in [7, 11) is 0. The number of nitrogens with zero attached hydrogens (tertiary/aromatic N) is 1. The standard InChI is InChI=1S/C16H12Cl3F3N2O/c17-10-4-9(5-11(18)6-10)15(16(20,21)22)7-14(24-25-15)8-1-2-12(19)13(23)3-8/h1-6,12-13H,7,23H2. The minimum absolute atomic E-state index is 0.0759. The van der Waals surface area contributed by atoms with Crippen molar-refractivity contribution >= 4 is 40.5 Å². The van der Waals surface area contributed by atoms with E-state index in [0.29, 0.717) is 5.57 Å². The van der Waals surface area contributed by atoms with Crippen molar-refractivity contribution < 1.29 is 18.0 Å². The van der Waals surface area contributed by atoms with Crippen molar-refractivity contribution in [3.63, 3.8) is 0 Å². The molecule has 0 spiro atoms. The van der Waals surface area contributed by atoms with Crippen molar-refractivity contribution in [2.45, 2.75) is 29.6 Å². The molecule has 134 valence electrons. The lowest BCUT2D eigenvalue weighted by Gasteiger charge is -2.29. The van der Waals surface area contributed by atoms with Gasteiger partial charge in [0.2, 0.25) is 0 Å². The minimum Gasteiger partial charge on any atom is -0.374 e. The molecule has 0 saturated carbocycles. The molecule has 0 aromatic heterocycles. The van der Waals surface area contributed by atoms with E-state index in [0.717, 1.165) is 0 Å². The van der Waals surface area contributed by atoms with Crippen LogP contribution in [-0.4, -0.2) is 23.3 Å². The molecule has 0 amide bonds. The van der Waals surface area contributed by atoms with Crippen LogP contribution in [0.25, 0.3) is 0 Å². The van der Waals surface area contributed by atoms with Crippen LogP contribution in [0.4, 0.5) is 13.2 Å². The van der Waals surface area contributed by atoms with Gasteiger partial charge in [-0.15, -0.1) is 11.6 Å². The second-order valence-corrected chi connectivity index (χ2v) is 7.17. The highest BCUT2D eigenvalue weighted by molar-refractivity contribution is 6.34. The number of benzene rings is 1. The van der Waals surface area contributed by atoms with Gasteiger partial charge in [0.05, 0.1) is 11.1 Å². The van der Waals surface area contributed by atoms with E-state index >= 15 is 0 Å². The van der Waals surface area contributed by atoms with E-state index in [1.807, 2.05) is 0 Å². The number of oxime groups is 1. The van der Waals surface area contributed by atoms with Gasteiger partial charge in [-0.3, -0.25) is 0 Å². The van der Waals surface area contributed by atoms with E-state index in [-0.39, 0.29) is 21.3 Å². The average Bonchev–Trinajstić information content (AvgIpc) is 2.95. The number of nitrogens with two attached hydrogens (primary N) is 1. The van der Waals surface area contributed by atoms with Gasteiger partial charge >= 0.3 is 6.18 Å². The van der Waals surface area contributed by atoms with E-state index in [4.69, 9.17) is 45.4 Å². The van der Waals surface area contributed by atoms with Gasteiger partial charge in [-0.05, 0) is 23.8 Å². The van der Waals surface area contributed by atoms with Crippen molar-refractivity contribution in [3.05, 3.63) is 57.6 Å². The zero-order valence-electron chi connectivity index (χ0n) is 12.5. The van der Waals surface area contributed by atoms with Crippen LogP contribution >= 0.6 is 34.8 Å². The quantitative estimate of drug-likeness (QED) is 0.699. The first kappa shape index (κ1) is 18.6. The Hall–Kier alpha value is -1.21. The van der Waals surface area contributed by atoms with Crippen LogP contribution in [0.15, 0.2) is 47.2 Å². The molecule has 1 aliphatic carbocycles. The lowest BCUT2D eigenvalue weighted by molar-refractivity contribution is -0.275. The maximum absolute atomic E-state index is 13.9. The summed E-state index contributed by atoms with van der Waals surface area (Å²) < 4.78 is 41.6. The van der Waals surface area contributed by atoms with E-state index < -0.39 is 29.6 Å². The summed E-state index contributed by atoms with van der Waals surface area (Å²) >= 11 is 17.7. The molecule has 3 nitrogen and oxygen atoms in total. The van der Waals surface area contributed by atoms with Gasteiger partial charge < -0.3 is 10.6 Å². The fraction of sp³-hybridized carbons (Fsp3) is 0.312. The average molecular weight is 412 g/mol. The van der Waals surface area contributed by atoms with E-state index in [2.05, 4.69) is 5.16 Å². The second kappa shape index (κ2) is 6.50. The monoisotopic (exact) mass is 410 g/mol. The highest BCUT2D eigenvalue weighted by Crippen LogP contribution is 2.49. The molecule has 0 fully saturated rings. The largest absolute Gasteiger partial charge is 0.435 e. The number of rotatable bonds is 2. The van der Waals surface area contributed by atoms with Crippen LogP contribution in [0.2, 0.25) is 10.0 Å². The number of hydrogen-bond acceptors (Lipinski definition) is 3. The summed E-state index contributed by atoms with van der Waals surface area (Å²) in [5.41, 5.74) is 3.53. The molecule has 0 bridgehead atoms. The Morgan fingerprint density at radius 2 is 1.84 bits per heavy atom. The second-order valence-electron chi connectivity index (χ2n) is 5.79. The summed E-state index contributed by atoms with van der Waals surface area (Å²) in [4.78, 5) is 4.93. The smallest absolute Gasteiger partial charge is 0.374 e. The van der Waals surface area contributed by atoms with Gasteiger partial charge in [-0.2, -0.15) is 13.2 Å². The van der Waals surface area contributed by atoms with Crippen molar-refractivity contribution in [2.24, 2.45) is 10.9 Å².